The standard InChI is InChI=1S/C21H21NO5/c23-14(12-22-7-9-26-10-8-22)13-27-15-5-6-18-19(11-15)21(25)17-4-2-1-3-16(17)20(18)24/h1-6,11,14,23H,7-10,12-13H2/t14-/m0/s1. The van der Waals surface area contributed by atoms with Gasteiger partial charge >= 0.3 is 0 Å². The van der Waals surface area contributed by atoms with Gasteiger partial charge in [-0.05, 0) is 18.2 Å². The fourth-order valence-electron chi connectivity index (χ4n) is 3.50. The first-order valence-electron chi connectivity index (χ1n) is 9.07. The highest BCUT2D eigenvalue weighted by molar-refractivity contribution is 6.28. The molecule has 1 saturated heterocycles. The zero-order chi connectivity index (χ0) is 18.8. The highest BCUT2D eigenvalue weighted by Crippen LogP contribution is 2.29. The number of carbonyl (C=O) groups excluding carboxylic acids is 2. The van der Waals surface area contributed by atoms with Crippen molar-refractivity contribution in [2.45, 2.75) is 6.10 Å². The molecule has 6 heteroatoms. The third-order valence-corrected chi connectivity index (χ3v) is 4.91. The van der Waals surface area contributed by atoms with E-state index in [1.165, 1.54) is 0 Å². The van der Waals surface area contributed by atoms with Crippen molar-refractivity contribution in [2.24, 2.45) is 0 Å². The molecular weight excluding hydrogens is 346 g/mol. The molecule has 0 unspecified atom stereocenters. The van der Waals surface area contributed by atoms with Gasteiger partial charge in [0.2, 0.25) is 0 Å². The maximum atomic E-state index is 12.7. The first-order valence-corrected chi connectivity index (χ1v) is 9.07. The maximum absolute atomic E-state index is 12.7. The van der Waals surface area contributed by atoms with Gasteiger partial charge in [-0.25, -0.2) is 0 Å². The van der Waals surface area contributed by atoms with Gasteiger partial charge in [-0.3, -0.25) is 14.5 Å². The Hall–Kier alpha value is -2.54. The van der Waals surface area contributed by atoms with Gasteiger partial charge in [0.1, 0.15) is 18.5 Å². The minimum Gasteiger partial charge on any atom is -0.491 e. The predicted octanol–water partition coefficient (Wildman–Crippen LogP) is 1.53. The van der Waals surface area contributed by atoms with Crippen molar-refractivity contribution in [1.29, 1.82) is 0 Å². The van der Waals surface area contributed by atoms with Gasteiger partial charge in [0.25, 0.3) is 0 Å². The van der Waals surface area contributed by atoms with E-state index in [4.69, 9.17) is 9.47 Å². The smallest absolute Gasteiger partial charge is 0.194 e. The van der Waals surface area contributed by atoms with E-state index in [9.17, 15) is 14.7 Å². The van der Waals surface area contributed by atoms with E-state index in [2.05, 4.69) is 4.90 Å². The SMILES string of the molecule is O=C1c2ccccc2C(=O)c2cc(OC[C@@H](O)CN3CCOCC3)ccc21. The Morgan fingerprint density at radius 2 is 1.59 bits per heavy atom. The molecule has 1 heterocycles. The van der Waals surface area contributed by atoms with Gasteiger partial charge in [0.15, 0.2) is 11.6 Å². The van der Waals surface area contributed by atoms with Crippen LogP contribution >= 0.6 is 0 Å². The van der Waals surface area contributed by atoms with Crippen molar-refractivity contribution in [3.63, 3.8) is 0 Å². The molecule has 27 heavy (non-hydrogen) atoms. The Labute approximate surface area is 157 Å². The van der Waals surface area contributed by atoms with E-state index in [0.717, 1.165) is 13.1 Å². The third kappa shape index (κ3) is 3.64. The number of aliphatic hydroxyl groups is 1. The summed E-state index contributed by atoms with van der Waals surface area (Å²) in [5.41, 5.74) is 1.59. The minimum absolute atomic E-state index is 0.120. The second-order valence-corrected chi connectivity index (χ2v) is 6.79. The second kappa shape index (κ2) is 7.60. The van der Waals surface area contributed by atoms with Crippen molar-refractivity contribution < 1.29 is 24.2 Å². The van der Waals surface area contributed by atoms with Gasteiger partial charge in [-0.2, -0.15) is 0 Å². The Morgan fingerprint density at radius 1 is 0.963 bits per heavy atom. The Kier molecular flexibility index (Phi) is 5.03. The van der Waals surface area contributed by atoms with Crippen LogP contribution in [0.25, 0.3) is 0 Å². The molecule has 6 nitrogen and oxygen atoms in total. The fourth-order valence-corrected chi connectivity index (χ4v) is 3.50. The number of ketones is 2. The summed E-state index contributed by atoms with van der Waals surface area (Å²) in [6, 6.07) is 11.7. The lowest BCUT2D eigenvalue weighted by Gasteiger charge is -2.28. The van der Waals surface area contributed by atoms with Gasteiger partial charge in [-0.1, -0.05) is 24.3 Å². The first kappa shape index (κ1) is 17.9. The predicted molar refractivity (Wildman–Crippen MR) is 98.5 cm³/mol. The molecule has 140 valence electrons. The van der Waals surface area contributed by atoms with Crippen molar-refractivity contribution in [1.82, 2.24) is 4.90 Å². The van der Waals surface area contributed by atoms with Crippen LogP contribution in [-0.2, 0) is 4.74 Å². The van der Waals surface area contributed by atoms with Crippen LogP contribution < -0.4 is 4.74 Å². The van der Waals surface area contributed by atoms with Crippen LogP contribution in [0.2, 0.25) is 0 Å². The van der Waals surface area contributed by atoms with E-state index in [1.807, 2.05) is 0 Å². The minimum atomic E-state index is -0.641. The summed E-state index contributed by atoms with van der Waals surface area (Å²) in [7, 11) is 0. The molecule has 1 fully saturated rings. The number of hydrogen-bond donors (Lipinski definition) is 1. The first-order chi connectivity index (χ1) is 13.1. The largest absolute Gasteiger partial charge is 0.491 e. The molecule has 2 aromatic carbocycles. The Balaban J connectivity index is 1.45. The van der Waals surface area contributed by atoms with Crippen LogP contribution in [0.4, 0.5) is 0 Å². The van der Waals surface area contributed by atoms with E-state index < -0.39 is 6.10 Å². The maximum Gasteiger partial charge on any atom is 0.194 e. The number of fused-ring (bicyclic) bond motifs is 2. The van der Waals surface area contributed by atoms with E-state index in [0.29, 0.717) is 47.8 Å². The molecule has 1 aliphatic carbocycles. The van der Waals surface area contributed by atoms with Crippen molar-refractivity contribution in [2.75, 3.05) is 39.5 Å². The van der Waals surface area contributed by atoms with Crippen LogP contribution in [0.5, 0.6) is 5.75 Å². The number of carbonyl (C=O) groups is 2. The van der Waals surface area contributed by atoms with E-state index in [1.54, 1.807) is 42.5 Å². The summed E-state index contributed by atoms with van der Waals surface area (Å²) in [5.74, 6) is 0.133. The van der Waals surface area contributed by atoms with Gasteiger partial charge < -0.3 is 14.6 Å². The van der Waals surface area contributed by atoms with E-state index >= 15 is 0 Å². The molecule has 2 aromatic rings. The summed E-state index contributed by atoms with van der Waals surface area (Å²) in [6.07, 6.45) is -0.641. The number of rotatable bonds is 5. The number of benzene rings is 2. The molecule has 0 bridgehead atoms. The quantitative estimate of drug-likeness (QED) is 0.737. The number of nitrogens with zero attached hydrogens (tertiary/aromatic N) is 1. The normalized spacial score (nSPS) is 18.0. The number of hydrogen-bond acceptors (Lipinski definition) is 6. The van der Waals surface area contributed by atoms with Crippen molar-refractivity contribution in [3.8, 4) is 5.75 Å². The van der Waals surface area contributed by atoms with Crippen molar-refractivity contribution >= 4 is 11.6 Å². The van der Waals surface area contributed by atoms with Crippen LogP contribution in [0.3, 0.4) is 0 Å². The summed E-state index contributed by atoms with van der Waals surface area (Å²) in [4.78, 5) is 27.5. The molecule has 0 amide bonds. The number of β-amino-alcohol motifs (C(OH)–C–C–N with tert-alkyl or cyclic N) is 1. The zero-order valence-electron chi connectivity index (χ0n) is 14.9. The molecular formula is C21H21NO5. The highest BCUT2D eigenvalue weighted by Gasteiger charge is 2.29. The summed E-state index contributed by atoms with van der Waals surface area (Å²) < 4.78 is 11.0. The van der Waals surface area contributed by atoms with Crippen LogP contribution in [0.1, 0.15) is 31.8 Å². The summed E-state index contributed by atoms with van der Waals surface area (Å²) in [5, 5.41) is 10.2. The Bertz CT molecular complexity index is 873. The molecule has 4 rings (SSSR count). The average Bonchev–Trinajstić information content (AvgIpc) is 2.71. The van der Waals surface area contributed by atoms with Gasteiger partial charge in [0, 0.05) is 41.9 Å². The van der Waals surface area contributed by atoms with Gasteiger partial charge in [-0.15, -0.1) is 0 Å². The molecule has 0 saturated carbocycles. The molecule has 1 atom stereocenters. The number of aliphatic hydroxyl groups excluding tert-OH is 1. The van der Waals surface area contributed by atoms with Crippen LogP contribution in [0.15, 0.2) is 42.5 Å². The lowest BCUT2D eigenvalue weighted by atomic mass is 9.84. The lowest BCUT2D eigenvalue weighted by Crippen LogP contribution is -2.42. The zero-order valence-corrected chi connectivity index (χ0v) is 14.9. The van der Waals surface area contributed by atoms with Crippen LogP contribution in [0, 0.1) is 0 Å². The molecule has 0 radical (unpaired) electrons. The topological polar surface area (TPSA) is 76.1 Å². The fraction of sp³-hybridized carbons (Fsp3) is 0.333. The lowest BCUT2D eigenvalue weighted by molar-refractivity contribution is 0.00465. The molecule has 0 spiro atoms. The second-order valence-electron chi connectivity index (χ2n) is 6.79. The summed E-state index contributed by atoms with van der Waals surface area (Å²) >= 11 is 0. The number of morpholine rings is 1. The van der Waals surface area contributed by atoms with Gasteiger partial charge in [0.05, 0.1) is 13.2 Å². The average molecular weight is 367 g/mol. The highest BCUT2D eigenvalue weighted by atomic mass is 16.5. The Morgan fingerprint density at radius 3 is 2.30 bits per heavy atom. The van der Waals surface area contributed by atoms with E-state index in [-0.39, 0.29) is 18.2 Å². The molecule has 0 aromatic heterocycles. The monoisotopic (exact) mass is 367 g/mol. The molecule has 2 aliphatic rings. The summed E-state index contributed by atoms with van der Waals surface area (Å²) in [6.45, 7) is 3.58. The van der Waals surface area contributed by atoms with Crippen LogP contribution in [-0.4, -0.2) is 67.1 Å². The molecule has 1 aliphatic heterocycles. The molecule has 1 N–H and O–H groups in total. The number of ether oxygens (including phenoxy) is 2. The van der Waals surface area contributed by atoms with Crippen molar-refractivity contribution in [3.05, 3.63) is 64.7 Å². The third-order valence-electron chi connectivity index (χ3n) is 4.91.